The van der Waals surface area contributed by atoms with E-state index in [0.29, 0.717) is 12.4 Å². The maximum absolute atomic E-state index is 13.0. The van der Waals surface area contributed by atoms with Gasteiger partial charge in [0.25, 0.3) is 0 Å². The SMILES string of the molecule is C[Si](C)(COC1=NCC=C1)C1(C(F)(F)F)CC1. The molecule has 0 N–H and O–H groups in total. The molecule has 0 radical (unpaired) electrons. The lowest BCUT2D eigenvalue weighted by molar-refractivity contribution is -0.143. The summed E-state index contributed by atoms with van der Waals surface area (Å²) in [5.74, 6) is 0.476. The number of hydrogen-bond acceptors (Lipinski definition) is 2. The van der Waals surface area contributed by atoms with Gasteiger partial charge in [0.1, 0.15) is 8.07 Å². The van der Waals surface area contributed by atoms with Crippen LogP contribution < -0.4 is 0 Å². The summed E-state index contributed by atoms with van der Waals surface area (Å²) in [7, 11) is -2.48. The summed E-state index contributed by atoms with van der Waals surface area (Å²) in [6, 6.07) is 0. The highest BCUT2D eigenvalue weighted by molar-refractivity contribution is 6.81. The fraction of sp³-hybridized carbons (Fsp3) is 0.727. The van der Waals surface area contributed by atoms with Gasteiger partial charge < -0.3 is 4.74 Å². The molecule has 0 amide bonds. The van der Waals surface area contributed by atoms with Crippen LogP contribution in [0.5, 0.6) is 0 Å². The summed E-state index contributed by atoms with van der Waals surface area (Å²) in [4.78, 5) is 4.03. The Hall–Kier alpha value is -0.783. The van der Waals surface area contributed by atoms with Gasteiger partial charge in [-0.2, -0.15) is 13.2 Å². The van der Waals surface area contributed by atoms with E-state index in [4.69, 9.17) is 4.74 Å². The van der Waals surface area contributed by atoms with E-state index in [1.54, 1.807) is 19.2 Å². The van der Waals surface area contributed by atoms with Crippen LogP contribution in [0.25, 0.3) is 0 Å². The average Bonchev–Trinajstić information content (AvgIpc) is 2.89. The van der Waals surface area contributed by atoms with Crippen LogP contribution in [0.4, 0.5) is 13.2 Å². The summed E-state index contributed by atoms with van der Waals surface area (Å²) in [6.45, 7) is 4.08. The molecule has 0 saturated heterocycles. The molecule has 96 valence electrons. The second-order valence-corrected chi connectivity index (χ2v) is 10.3. The Morgan fingerprint density at radius 2 is 2.06 bits per heavy atom. The normalized spacial score (nSPS) is 22.5. The van der Waals surface area contributed by atoms with Crippen LogP contribution in [-0.4, -0.2) is 32.9 Å². The zero-order valence-electron chi connectivity index (χ0n) is 9.97. The highest BCUT2D eigenvalue weighted by Gasteiger charge is 2.71. The van der Waals surface area contributed by atoms with Crippen molar-refractivity contribution in [1.29, 1.82) is 0 Å². The molecule has 0 unspecified atom stereocenters. The second-order valence-electron chi connectivity index (χ2n) is 5.33. The van der Waals surface area contributed by atoms with Gasteiger partial charge in [0.2, 0.25) is 5.90 Å². The number of ether oxygens (including phenoxy) is 1. The van der Waals surface area contributed by atoms with Gasteiger partial charge in [0.05, 0.1) is 17.8 Å². The van der Waals surface area contributed by atoms with Crippen molar-refractivity contribution in [2.24, 2.45) is 4.99 Å². The molecular formula is C11H16F3NOSi. The third-order valence-corrected chi connectivity index (χ3v) is 8.02. The fourth-order valence-corrected chi connectivity index (χ4v) is 5.34. The highest BCUT2D eigenvalue weighted by atomic mass is 28.3. The van der Waals surface area contributed by atoms with E-state index >= 15 is 0 Å². The molecular weight excluding hydrogens is 247 g/mol. The Morgan fingerprint density at radius 3 is 2.47 bits per heavy atom. The van der Waals surface area contributed by atoms with Crippen LogP contribution in [0.3, 0.4) is 0 Å². The molecule has 6 heteroatoms. The topological polar surface area (TPSA) is 21.6 Å². The van der Waals surface area contributed by atoms with E-state index in [2.05, 4.69) is 4.99 Å². The molecule has 1 fully saturated rings. The molecule has 1 aliphatic carbocycles. The second kappa shape index (κ2) is 3.86. The number of halogens is 3. The first-order valence-corrected chi connectivity index (χ1v) is 8.90. The predicted octanol–water partition coefficient (Wildman–Crippen LogP) is 3.32. The molecule has 2 aliphatic rings. The number of alkyl halides is 3. The van der Waals surface area contributed by atoms with Gasteiger partial charge in [0, 0.05) is 0 Å². The third-order valence-electron chi connectivity index (χ3n) is 3.78. The fourth-order valence-electron chi connectivity index (χ4n) is 2.30. The minimum absolute atomic E-state index is 0.190. The zero-order valence-corrected chi connectivity index (χ0v) is 11.0. The lowest BCUT2D eigenvalue weighted by Gasteiger charge is -2.33. The van der Waals surface area contributed by atoms with Crippen LogP contribution in [0.15, 0.2) is 17.1 Å². The van der Waals surface area contributed by atoms with E-state index < -0.39 is 19.3 Å². The highest BCUT2D eigenvalue weighted by Crippen LogP contribution is 2.69. The molecule has 0 atom stereocenters. The maximum Gasteiger partial charge on any atom is 0.392 e. The van der Waals surface area contributed by atoms with E-state index in [0.717, 1.165) is 0 Å². The van der Waals surface area contributed by atoms with Crippen LogP contribution in [-0.2, 0) is 4.74 Å². The maximum atomic E-state index is 13.0. The van der Waals surface area contributed by atoms with Crippen LogP contribution in [0.1, 0.15) is 12.8 Å². The molecule has 0 aromatic heterocycles. The van der Waals surface area contributed by atoms with Gasteiger partial charge in [-0.1, -0.05) is 19.2 Å². The van der Waals surface area contributed by atoms with E-state index in [9.17, 15) is 13.2 Å². The lowest BCUT2D eigenvalue weighted by atomic mass is 10.4. The minimum atomic E-state index is -4.08. The zero-order chi connectivity index (χ0) is 12.7. The lowest BCUT2D eigenvalue weighted by Crippen LogP contribution is -2.47. The van der Waals surface area contributed by atoms with Gasteiger partial charge >= 0.3 is 6.18 Å². The Labute approximate surface area is 99.6 Å². The van der Waals surface area contributed by atoms with E-state index in [1.165, 1.54) is 0 Å². The monoisotopic (exact) mass is 263 g/mol. The van der Waals surface area contributed by atoms with Crippen molar-refractivity contribution < 1.29 is 17.9 Å². The largest absolute Gasteiger partial charge is 0.482 e. The van der Waals surface area contributed by atoms with Crippen LogP contribution >= 0.6 is 0 Å². The third kappa shape index (κ3) is 2.14. The summed E-state index contributed by atoms with van der Waals surface area (Å²) in [5, 5.41) is -1.43. The van der Waals surface area contributed by atoms with Gasteiger partial charge in [-0.3, -0.25) is 0 Å². The molecule has 2 nitrogen and oxygen atoms in total. The van der Waals surface area contributed by atoms with Crippen LogP contribution in [0, 0.1) is 0 Å². The van der Waals surface area contributed by atoms with Gasteiger partial charge in [0.15, 0.2) is 0 Å². The van der Waals surface area contributed by atoms with Crippen LogP contribution in [0.2, 0.25) is 18.1 Å². The first-order valence-electron chi connectivity index (χ1n) is 5.69. The Morgan fingerprint density at radius 1 is 1.41 bits per heavy atom. The van der Waals surface area contributed by atoms with Gasteiger partial charge in [-0.25, -0.2) is 4.99 Å². The Kier molecular flexibility index (Phi) is 2.88. The van der Waals surface area contributed by atoms with Crippen molar-refractivity contribution in [3.63, 3.8) is 0 Å². The molecule has 17 heavy (non-hydrogen) atoms. The Balaban J connectivity index is 2.01. The molecule has 1 aliphatic heterocycles. The molecule has 0 aromatic carbocycles. The molecule has 0 spiro atoms. The number of rotatable bonds is 3. The smallest absolute Gasteiger partial charge is 0.392 e. The average molecular weight is 263 g/mol. The van der Waals surface area contributed by atoms with E-state index in [-0.39, 0.29) is 19.1 Å². The standard InChI is InChI=1S/C11H16F3NOSi/c1-17(2,8-16-9-4-3-7-15-9)10(5-6-10)11(12,13)14/h3-4H,5-8H2,1-2H3. The van der Waals surface area contributed by atoms with Crippen molar-refractivity contribution in [2.45, 2.75) is 37.2 Å². The number of hydrogen-bond donors (Lipinski definition) is 0. The molecule has 0 aromatic rings. The Bertz CT molecular complexity index is 369. The van der Waals surface area contributed by atoms with Crippen molar-refractivity contribution in [1.82, 2.24) is 0 Å². The van der Waals surface area contributed by atoms with Crippen molar-refractivity contribution in [2.75, 3.05) is 12.8 Å². The van der Waals surface area contributed by atoms with Crippen molar-refractivity contribution in [3.8, 4) is 0 Å². The van der Waals surface area contributed by atoms with Crippen molar-refractivity contribution in [3.05, 3.63) is 12.2 Å². The molecule has 1 heterocycles. The summed E-state index contributed by atoms with van der Waals surface area (Å²) in [6.07, 6.45) is 0.191. The first-order chi connectivity index (χ1) is 7.79. The van der Waals surface area contributed by atoms with Gasteiger partial charge in [-0.15, -0.1) is 0 Å². The summed E-state index contributed by atoms with van der Waals surface area (Å²) >= 11 is 0. The summed E-state index contributed by atoms with van der Waals surface area (Å²) in [5.41, 5.74) is 0. The molecule has 0 bridgehead atoms. The van der Waals surface area contributed by atoms with E-state index in [1.807, 2.05) is 6.08 Å². The summed E-state index contributed by atoms with van der Waals surface area (Å²) < 4.78 is 44.5. The molecule has 1 saturated carbocycles. The predicted molar refractivity (Wildman–Crippen MR) is 62.9 cm³/mol. The first kappa shape index (κ1) is 12.7. The number of aliphatic imine (C=N–C) groups is 1. The quantitative estimate of drug-likeness (QED) is 0.716. The van der Waals surface area contributed by atoms with Gasteiger partial charge in [-0.05, 0) is 18.9 Å². The minimum Gasteiger partial charge on any atom is -0.482 e. The molecule has 2 rings (SSSR count). The number of nitrogens with zero attached hydrogens (tertiary/aromatic N) is 1. The van der Waals surface area contributed by atoms with Crippen molar-refractivity contribution >= 4 is 14.0 Å².